The van der Waals surface area contributed by atoms with Crippen molar-refractivity contribution >= 4 is 23.1 Å². The number of carbonyl (C=O) groups is 4. The Morgan fingerprint density at radius 3 is 2.00 bits per heavy atom. The van der Waals surface area contributed by atoms with E-state index in [1.165, 1.54) is 44.8 Å². The van der Waals surface area contributed by atoms with Gasteiger partial charge in [0, 0.05) is 18.0 Å². The zero-order chi connectivity index (χ0) is 21.1. The standard InChI is InChI=1S/C12H13NO2.C9H10N2O2/c1-3-4-11(9(2)14)12(15)10-5-7-13-8-6-10;1-3-7(6(2)12)9(13)8-4-10-5-11-8/h4-8H,3H2,1-2H3;3-5H,1-2H3,(H,10,11). The first-order valence-corrected chi connectivity index (χ1v) is 8.69. The molecule has 1 N–H and O–H groups in total. The highest BCUT2D eigenvalue weighted by Gasteiger charge is 2.16. The van der Waals surface area contributed by atoms with Gasteiger partial charge in [-0.3, -0.25) is 24.2 Å². The molecule has 2 aromatic rings. The van der Waals surface area contributed by atoms with Crippen LogP contribution >= 0.6 is 0 Å². The fourth-order valence-corrected chi connectivity index (χ4v) is 2.28. The van der Waals surface area contributed by atoms with Crippen molar-refractivity contribution in [2.24, 2.45) is 0 Å². The molecular weight excluding hydrogens is 358 g/mol. The minimum absolute atomic E-state index is 0.184. The molecule has 0 spiro atoms. The maximum atomic E-state index is 11.9. The summed E-state index contributed by atoms with van der Waals surface area (Å²) in [6.07, 6.45) is 9.71. The lowest BCUT2D eigenvalue weighted by Crippen LogP contribution is -2.10. The zero-order valence-electron chi connectivity index (χ0n) is 16.4. The molecule has 146 valence electrons. The highest BCUT2D eigenvalue weighted by atomic mass is 16.2. The van der Waals surface area contributed by atoms with Gasteiger partial charge in [-0.15, -0.1) is 0 Å². The number of rotatable bonds is 7. The second kappa shape index (κ2) is 11.3. The van der Waals surface area contributed by atoms with E-state index in [-0.39, 0.29) is 34.3 Å². The van der Waals surface area contributed by atoms with Crippen LogP contribution in [0.25, 0.3) is 0 Å². The van der Waals surface area contributed by atoms with Gasteiger partial charge >= 0.3 is 0 Å². The molecule has 0 atom stereocenters. The summed E-state index contributed by atoms with van der Waals surface area (Å²) in [6.45, 7) is 6.32. The summed E-state index contributed by atoms with van der Waals surface area (Å²) in [7, 11) is 0. The van der Waals surface area contributed by atoms with E-state index in [0.717, 1.165) is 0 Å². The van der Waals surface area contributed by atoms with E-state index < -0.39 is 0 Å². The van der Waals surface area contributed by atoms with E-state index in [9.17, 15) is 19.2 Å². The molecule has 0 aliphatic rings. The molecule has 0 aliphatic heterocycles. The van der Waals surface area contributed by atoms with Crippen molar-refractivity contribution in [2.45, 2.75) is 34.1 Å². The van der Waals surface area contributed by atoms with Crippen molar-refractivity contribution in [3.63, 3.8) is 0 Å². The predicted molar refractivity (Wildman–Crippen MR) is 105 cm³/mol. The lowest BCUT2D eigenvalue weighted by atomic mass is 10.0. The number of allylic oxidation sites excluding steroid dienone is 4. The van der Waals surface area contributed by atoms with E-state index in [1.54, 1.807) is 25.1 Å². The molecule has 0 aliphatic carbocycles. The second-order valence-corrected chi connectivity index (χ2v) is 5.70. The first-order chi connectivity index (χ1) is 13.3. The number of hydrogen-bond donors (Lipinski definition) is 1. The molecular formula is C21H23N3O4. The lowest BCUT2D eigenvalue weighted by molar-refractivity contribution is -0.114. The summed E-state index contributed by atoms with van der Waals surface area (Å²) in [5.74, 6) is -0.972. The van der Waals surface area contributed by atoms with Gasteiger partial charge in [0.25, 0.3) is 0 Å². The highest BCUT2D eigenvalue weighted by Crippen LogP contribution is 2.09. The van der Waals surface area contributed by atoms with Crippen molar-refractivity contribution in [2.75, 3.05) is 0 Å². The Kier molecular flexibility index (Phi) is 9.09. The molecule has 7 nitrogen and oxygen atoms in total. The van der Waals surface area contributed by atoms with Crippen LogP contribution in [-0.4, -0.2) is 38.1 Å². The van der Waals surface area contributed by atoms with Gasteiger partial charge in [-0.1, -0.05) is 19.1 Å². The summed E-state index contributed by atoms with van der Waals surface area (Å²) in [5, 5.41) is 0. The summed E-state index contributed by atoms with van der Waals surface area (Å²) >= 11 is 0. The van der Waals surface area contributed by atoms with Gasteiger partial charge in [-0.2, -0.15) is 0 Å². The maximum absolute atomic E-state index is 11.9. The minimum Gasteiger partial charge on any atom is -0.342 e. The van der Waals surface area contributed by atoms with Gasteiger partial charge in [0.15, 0.2) is 17.3 Å². The van der Waals surface area contributed by atoms with Crippen LogP contribution < -0.4 is 0 Å². The number of pyridine rings is 1. The quantitative estimate of drug-likeness (QED) is 0.341. The number of nitrogens with one attached hydrogen (secondary N) is 1. The number of ketones is 4. The van der Waals surface area contributed by atoms with E-state index in [0.29, 0.717) is 17.7 Å². The van der Waals surface area contributed by atoms with Crippen molar-refractivity contribution in [3.05, 3.63) is 71.6 Å². The Hall–Kier alpha value is -3.48. The van der Waals surface area contributed by atoms with Crippen LogP contribution in [0.4, 0.5) is 0 Å². The van der Waals surface area contributed by atoms with E-state index >= 15 is 0 Å². The third-order valence-corrected chi connectivity index (χ3v) is 3.63. The van der Waals surface area contributed by atoms with Crippen molar-refractivity contribution < 1.29 is 19.2 Å². The molecule has 2 heterocycles. The fourth-order valence-electron chi connectivity index (χ4n) is 2.28. The van der Waals surface area contributed by atoms with Crippen molar-refractivity contribution in [1.29, 1.82) is 0 Å². The van der Waals surface area contributed by atoms with E-state index in [2.05, 4.69) is 15.0 Å². The topological polar surface area (TPSA) is 110 Å². The minimum atomic E-state index is -0.312. The highest BCUT2D eigenvalue weighted by molar-refractivity contribution is 6.25. The molecule has 0 saturated heterocycles. The second-order valence-electron chi connectivity index (χ2n) is 5.70. The smallest absolute Gasteiger partial charge is 0.214 e. The monoisotopic (exact) mass is 381 g/mol. The molecule has 0 aromatic carbocycles. The lowest BCUT2D eigenvalue weighted by Gasteiger charge is -2.01. The summed E-state index contributed by atoms with van der Waals surface area (Å²) in [6, 6.07) is 3.21. The largest absolute Gasteiger partial charge is 0.342 e. The van der Waals surface area contributed by atoms with Crippen LogP contribution in [0, 0.1) is 0 Å². The SMILES string of the molecule is CC=C(C(C)=O)C(=O)c1cnc[nH]1.CCC=C(C(C)=O)C(=O)c1ccncc1. The number of Topliss-reactive ketones (excluding diaryl/α,β-unsaturated/α-hetero) is 4. The average Bonchev–Trinajstić information content (AvgIpc) is 3.21. The predicted octanol–water partition coefficient (Wildman–Crippen LogP) is 3.32. The van der Waals surface area contributed by atoms with E-state index in [1.807, 2.05) is 6.92 Å². The van der Waals surface area contributed by atoms with Gasteiger partial charge in [-0.25, -0.2) is 4.98 Å². The van der Waals surface area contributed by atoms with Crippen LogP contribution in [0.1, 0.15) is 55.0 Å². The van der Waals surface area contributed by atoms with Crippen LogP contribution in [0.15, 0.2) is 60.3 Å². The first-order valence-electron chi connectivity index (χ1n) is 8.69. The van der Waals surface area contributed by atoms with Crippen LogP contribution in [0.2, 0.25) is 0 Å². The number of aromatic nitrogens is 3. The third-order valence-electron chi connectivity index (χ3n) is 3.63. The van der Waals surface area contributed by atoms with Crippen LogP contribution in [-0.2, 0) is 9.59 Å². The molecule has 0 unspecified atom stereocenters. The van der Waals surface area contributed by atoms with Gasteiger partial charge in [0.1, 0.15) is 5.69 Å². The Morgan fingerprint density at radius 1 is 0.964 bits per heavy atom. The third kappa shape index (κ3) is 6.35. The first kappa shape index (κ1) is 22.6. The Labute approximate surface area is 163 Å². The molecule has 0 saturated carbocycles. The normalized spacial score (nSPS) is 11.3. The average molecular weight is 381 g/mol. The molecule has 2 aromatic heterocycles. The maximum Gasteiger partial charge on any atom is 0.214 e. The van der Waals surface area contributed by atoms with E-state index in [4.69, 9.17) is 0 Å². The number of imidazole rings is 1. The van der Waals surface area contributed by atoms with Gasteiger partial charge in [-0.05, 0) is 39.3 Å². The Morgan fingerprint density at radius 2 is 1.57 bits per heavy atom. The summed E-state index contributed by atoms with van der Waals surface area (Å²) in [4.78, 5) is 55.8. The Balaban J connectivity index is 0.000000283. The number of aromatic amines is 1. The van der Waals surface area contributed by atoms with Crippen molar-refractivity contribution in [1.82, 2.24) is 15.0 Å². The van der Waals surface area contributed by atoms with Gasteiger partial charge in [0.05, 0.1) is 23.7 Å². The molecule has 0 radical (unpaired) electrons. The van der Waals surface area contributed by atoms with Crippen LogP contribution in [0.3, 0.4) is 0 Å². The fraction of sp³-hybridized carbons (Fsp3) is 0.238. The van der Waals surface area contributed by atoms with Gasteiger partial charge < -0.3 is 4.98 Å². The molecule has 28 heavy (non-hydrogen) atoms. The van der Waals surface area contributed by atoms with Crippen molar-refractivity contribution in [3.8, 4) is 0 Å². The molecule has 2 rings (SSSR count). The van der Waals surface area contributed by atoms with Crippen LogP contribution in [0.5, 0.6) is 0 Å². The summed E-state index contributed by atoms with van der Waals surface area (Å²) < 4.78 is 0. The number of hydrogen-bond acceptors (Lipinski definition) is 6. The molecule has 7 heteroatoms. The number of H-pyrrole nitrogens is 1. The van der Waals surface area contributed by atoms with Gasteiger partial charge in [0.2, 0.25) is 5.78 Å². The molecule has 0 bridgehead atoms. The Bertz CT molecular complexity index is 895. The summed E-state index contributed by atoms with van der Waals surface area (Å²) in [5.41, 5.74) is 1.27. The number of nitrogens with zero attached hydrogens (tertiary/aromatic N) is 2. The number of carbonyl (C=O) groups excluding carboxylic acids is 4. The molecule has 0 fully saturated rings. The zero-order valence-corrected chi connectivity index (χ0v) is 16.4. The molecule has 0 amide bonds.